The summed E-state index contributed by atoms with van der Waals surface area (Å²) in [6.45, 7) is 5.99. The van der Waals surface area contributed by atoms with Gasteiger partial charge in [0.25, 0.3) is 0 Å². The molecule has 0 spiro atoms. The summed E-state index contributed by atoms with van der Waals surface area (Å²) in [6, 6.07) is 5.17. The number of anilines is 1. The second-order valence-corrected chi connectivity index (χ2v) is 6.43. The maximum atomic E-state index is 12.6. The molecule has 0 aliphatic carbocycles. The lowest BCUT2D eigenvalue weighted by molar-refractivity contribution is -0.121. The maximum Gasteiger partial charge on any atom is 0.325 e. The summed E-state index contributed by atoms with van der Waals surface area (Å²) < 4.78 is 10.5. The first kappa shape index (κ1) is 18.9. The molecule has 3 amide bonds. The summed E-state index contributed by atoms with van der Waals surface area (Å²) in [5.41, 5.74) is 0.727. The quantitative estimate of drug-likeness (QED) is 0.780. The van der Waals surface area contributed by atoms with E-state index in [1.165, 1.54) is 0 Å². The summed E-state index contributed by atoms with van der Waals surface area (Å²) in [5.74, 6) is 1.59. The van der Waals surface area contributed by atoms with E-state index < -0.39 is 0 Å². The highest BCUT2D eigenvalue weighted by Gasteiger charge is 2.31. The van der Waals surface area contributed by atoms with Crippen LogP contribution in [0.25, 0.3) is 0 Å². The standard InChI is InChI=1S/C18H27N3O4/c1-13(2)7-8-19-17(22)12-20-9-10-21(18(20)23)14-5-6-15(24-3)16(11-14)25-4/h5-6,11,13H,7-10,12H2,1-4H3,(H,19,22). The van der Waals surface area contributed by atoms with Crippen LogP contribution in [-0.4, -0.2) is 57.2 Å². The summed E-state index contributed by atoms with van der Waals surface area (Å²) in [7, 11) is 3.12. The first-order valence-electron chi connectivity index (χ1n) is 8.51. The van der Waals surface area contributed by atoms with Gasteiger partial charge in [0.1, 0.15) is 6.54 Å². The Hall–Kier alpha value is -2.44. The van der Waals surface area contributed by atoms with Crippen molar-refractivity contribution >= 4 is 17.6 Å². The van der Waals surface area contributed by atoms with Crippen molar-refractivity contribution < 1.29 is 19.1 Å². The van der Waals surface area contributed by atoms with Crippen LogP contribution in [0.2, 0.25) is 0 Å². The summed E-state index contributed by atoms with van der Waals surface area (Å²) >= 11 is 0. The number of nitrogens with one attached hydrogen (secondary N) is 1. The fourth-order valence-corrected chi connectivity index (χ4v) is 2.69. The predicted molar refractivity (Wildman–Crippen MR) is 96.3 cm³/mol. The number of urea groups is 1. The summed E-state index contributed by atoms with van der Waals surface area (Å²) in [6.07, 6.45) is 0.928. The molecule has 0 saturated carbocycles. The molecule has 138 valence electrons. The Morgan fingerprint density at radius 3 is 2.56 bits per heavy atom. The van der Waals surface area contributed by atoms with Gasteiger partial charge >= 0.3 is 6.03 Å². The minimum atomic E-state index is -0.175. The van der Waals surface area contributed by atoms with Gasteiger partial charge in [-0.05, 0) is 24.5 Å². The number of ether oxygens (including phenoxy) is 2. The second-order valence-electron chi connectivity index (χ2n) is 6.43. The molecule has 0 atom stereocenters. The van der Waals surface area contributed by atoms with Gasteiger partial charge in [-0.15, -0.1) is 0 Å². The average molecular weight is 349 g/mol. The van der Waals surface area contributed by atoms with Crippen LogP contribution in [0.3, 0.4) is 0 Å². The van der Waals surface area contributed by atoms with E-state index in [4.69, 9.17) is 9.47 Å². The monoisotopic (exact) mass is 349 g/mol. The van der Waals surface area contributed by atoms with E-state index in [0.717, 1.165) is 12.1 Å². The Bertz CT molecular complexity index is 618. The largest absolute Gasteiger partial charge is 0.493 e. The number of carbonyl (C=O) groups excluding carboxylic acids is 2. The number of rotatable bonds is 8. The van der Waals surface area contributed by atoms with Crippen LogP contribution in [0.1, 0.15) is 20.3 Å². The first-order valence-corrected chi connectivity index (χ1v) is 8.51. The highest BCUT2D eigenvalue weighted by atomic mass is 16.5. The van der Waals surface area contributed by atoms with Gasteiger partial charge in [-0.25, -0.2) is 4.79 Å². The Labute approximate surface area is 148 Å². The SMILES string of the molecule is COc1ccc(N2CCN(CC(=O)NCCC(C)C)C2=O)cc1OC. The zero-order chi connectivity index (χ0) is 18.4. The average Bonchev–Trinajstić information content (AvgIpc) is 2.94. The van der Waals surface area contributed by atoms with E-state index in [1.807, 2.05) is 6.07 Å². The zero-order valence-electron chi connectivity index (χ0n) is 15.4. The van der Waals surface area contributed by atoms with Gasteiger partial charge in [0.2, 0.25) is 5.91 Å². The minimum absolute atomic E-state index is 0.0840. The van der Waals surface area contributed by atoms with Gasteiger partial charge in [0.05, 0.1) is 14.2 Å². The van der Waals surface area contributed by atoms with Crippen LogP contribution in [-0.2, 0) is 4.79 Å². The van der Waals surface area contributed by atoms with Gasteiger partial charge in [-0.1, -0.05) is 13.8 Å². The van der Waals surface area contributed by atoms with E-state index in [0.29, 0.717) is 37.1 Å². The highest BCUT2D eigenvalue weighted by molar-refractivity contribution is 5.96. The number of amides is 3. The number of benzene rings is 1. The van der Waals surface area contributed by atoms with Crippen molar-refractivity contribution in [2.24, 2.45) is 5.92 Å². The predicted octanol–water partition coefficient (Wildman–Crippen LogP) is 2.11. The first-order chi connectivity index (χ1) is 12.0. The topological polar surface area (TPSA) is 71.1 Å². The molecular weight excluding hydrogens is 322 g/mol. The van der Waals surface area contributed by atoms with E-state index in [-0.39, 0.29) is 18.5 Å². The second kappa shape index (κ2) is 8.60. The molecule has 7 nitrogen and oxygen atoms in total. The maximum absolute atomic E-state index is 12.6. The van der Waals surface area contributed by atoms with Crippen molar-refractivity contribution in [1.29, 1.82) is 0 Å². The molecule has 7 heteroatoms. The summed E-state index contributed by atoms with van der Waals surface area (Å²) in [5, 5.41) is 2.86. The lowest BCUT2D eigenvalue weighted by Gasteiger charge is -2.19. The van der Waals surface area contributed by atoms with Crippen LogP contribution in [0.15, 0.2) is 18.2 Å². The third-order valence-electron chi connectivity index (χ3n) is 4.15. The lowest BCUT2D eigenvalue weighted by atomic mass is 10.1. The fourth-order valence-electron chi connectivity index (χ4n) is 2.69. The molecule has 0 radical (unpaired) electrons. The number of hydrogen-bond donors (Lipinski definition) is 1. The van der Waals surface area contributed by atoms with Gasteiger partial charge < -0.3 is 19.7 Å². The van der Waals surface area contributed by atoms with Gasteiger partial charge in [-0.2, -0.15) is 0 Å². The molecule has 1 heterocycles. The van der Waals surface area contributed by atoms with Crippen molar-refractivity contribution in [2.45, 2.75) is 20.3 Å². The third-order valence-corrected chi connectivity index (χ3v) is 4.15. The zero-order valence-corrected chi connectivity index (χ0v) is 15.4. The van der Waals surface area contributed by atoms with E-state index in [9.17, 15) is 9.59 Å². The number of methoxy groups -OCH3 is 2. The minimum Gasteiger partial charge on any atom is -0.493 e. The van der Waals surface area contributed by atoms with Crippen molar-refractivity contribution in [1.82, 2.24) is 10.2 Å². The van der Waals surface area contributed by atoms with Gasteiger partial charge in [0.15, 0.2) is 11.5 Å². The van der Waals surface area contributed by atoms with Crippen molar-refractivity contribution in [2.75, 3.05) is 45.3 Å². The van der Waals surface area contributed by atoms with Crippen LogP contribution < -0.4 is 19.7 Å². The Morgan fingerprint density at radius 1 is 1.20 bits per heavy atom. The molecule has 0 unspecified atom stereocenters. The molecule has 1 fully saturated rings. The van der Waals surface area contributed by atoms with Gasteiger partial charge in [-0.3, -0.25) is 9.69 Å². The molecule has 1 aliphatic rings. The van der Waals surface area contributed by atoms with E-state index in [1.54, 1.807) is 36.2 Å². The van der Waals surface area contributed by atoms with Crippen LogP contribution in [0.4, 0.5) is 10.5 Å². The van der Waals surface area contributed by atoms with Crippen LogP contribution in [0, 0.1) is 5.92 Å². The molecule has 1 N–H and O–H groups in total. The number of carbonyl (C=O) groups is 2. The van der Waals surface area contributed by atoms with E-state index >= 15 is 0 Å². The Kier molecular flexibility index (Phi) is 6.50. The normalized spacial score (nSPS) is 14.2. The Morgan fingerprint density at radius 2 is 1.92 bits per heavy atom. The smallest absolute Gasteiger partial charge is 0.325 e. The molecule has 2 rings (SSSR count). The fraction of sp³-hybridized carbons (Fsp3) is 0.556. The lowest BCUT2D eigenvalue weighted by Crippen LogP contribution is -2.40. The molecule has 1 aromatic rings. The Balaban J connectivity index is 1.96. The molecule has 1 saturated heterocycles. The van der Waals surface area contributed by atoms with Crippen molar-refractivity contribution in [3.8, 4) is 11.5 Å². The molecule has 0 bridgehead atoms. The van der Waals surface area contributed by atoms with Crippen LogP contribution >= 0.6 is 0 Å². The van der Waals surface area contributed by atoms with Crippen molar-refractivity contribution in [3.05, 3.63) is 18.2 Å². The number of hydrogen-bond acceptors (Lipinski definition) is 4. The molecule has 0 aromatic heterocycles. The summed E-state index contributed by atoms with van der Waals surface area (Å²) in [4.78, 5) is 27.8. The van der Waals surface area contributed by atoms with Gasteiger partial charge in [0, 0.05) is 31.4 Å². The number of nitrogens with zero attached hydrogens (tertiary/aromatic N) is 2. The molecule has 1 aromatic carbocycles. The third kappa shape index (κ3) is 4.78. The molecular formula is C18H27N3O4. The molecule has 1 aliphatic heterocycles. The van der Waals surface area contributed by atoms with E-state index in [2.05, 4.69) is 19.2 Å². The highest BCUT2D eigenvalue weighted by Crippen LogP contribution is 2.32. The van der Waals surface area contributed by atoms with Crippen LogP contribution in [0.5, 0.6) is 11.5 Å². The molecule has 25 heavy (non-hydrogen) atoms. The van der Waals surface area contributed by atoms with Crippen molar-refractivity contribution in [3.63, 3.8) is 0 Å².